The Morgan fingerprint density at radius 2 is 1.34 bits per heavy atom. The van der Waals surface area contributed by atoms with E-state index in [4.69, 9.17) is 24.7 Å². The second kappa shape index (κ2) is 29.8. The molecular formula is C49H80N2O17. The molecule has 68 heavy (non-hydrogen) atoms. The fourth-order valence-electron chi connectivity index (χ4n) is 8.43. The molecule has 3 aliphatic rings. The molecule has 3 rings (SSSR count). The summed E-state index contributed by atoms with van der Waals surface area (Å²) in [6.07, 6.45) is 2.96. The fraction of sp³-hybridized carbons (Fsp3) is 0.714. The van der Waals surface area contributed by atoms with Gasteiger partial charge in [-0.15, -0.1) is 0 Å². The van der Waals surface area contributed by atoms with Crippen LogP contribution < -0.4 is 11.1 Å². The number of amides is 1. The molecule has 2 bridgehead atoms. The summed E-state index contributed by atoms with van der Waals surface area (Å²) in [5.41, 5.74) is 6.07. The van der Waals surface area contributed by atoms with Crippen LogP contribution in [0.25, 0.3) is 0 Å². The molecule has 19 heteroatoms. The molecule has 0 aliphatic carbocycles. The number of fused-ring (bicyclic) bond motifs is 2. The number of carbonyl (C=O) groups is 2. The summed E-state index contributed by atoms with van der Waals surface area (Å²) < 4.78 is 23.5. The van der Waals surface area contributed by atoms with Crippen molar-refractivity contribution in [2.24, 2.45) is 23.5 Å². The van der Waals surface area contributed by atoms with Crippen molar-refractivity contribution < 1.29 is 84.7 Å². The Morgan fingerprint density at radius 1 is 0.735 bits per heavy atom. The number of hydrogen-bond donors (Lipinski definition) is 13. The van der Waals surface area contributed by atoms with Gasteiger partial charge in [0.2, 0.25) is 5.91 Å². The van der Waals surface area contributed by atoms with Crippen molar-refractivity contribution in [3.05, 3.63) is 72.9 Å². The first kappa shape index (κ1) is 59.1. The molecule has 14 N–H and O–H groups in total. The minimum atomic E-state index is -2.32. The maximum Gasteiger partial charge on any atom is 0.308 e. The van der Waals surface area contributed by atoms with Gasteiger partial charge in [-0.3, -0.25) is 9.59 Å². The first-order chi connectivity index (χ1) is 32.2. The SMILES string of the molecule is C[C@@H]1[C@H](O)[C@@H](C)/C=C\C=C/CC\C=C/C=C\C=C/C=C/[C@H](O[C@@H]2O[C@H](C)[C@@H](O)[C@H](N)[C@@H]2O)C[C@@H]2O[C@](O)(C[C@@H](O)[C@H](O)CC[C@@H](O)C[C@@H](O)C[C@@H](O)CC(=O)O[C@H]1C)C[C@H](O)[C@H]2C(=O)NCCO. The lowest BCUT2D eigenvalue weighted by molar-refractivity contribution is -0.308. The molecular weight excluding hydrogens is 889 g/mol. The number of cyclic esters (lactones) is 1. The largest absolute Gasteiger partial charge is 0.462 e. The molecule has 0 aromatic carbocycles. The number of allylic oxidation sites excluding steroid dienone is 10. The third-order valence-electron chi connectivity index (χ3n) is 12.7. The molecule has 0 unspecified atom stereocenters. The van der Waals surface area contributed by atoms with E-state index in [-0.39, 0.29) is 44.6 Å². The van der Waals surface area contributed by atoms with Gasteiger partial charge in [0, 0.05) is 37.6 Å². The predicted molar refractivity (Wildman–Crippen MR) is 250 cm³/mol. The molecule has 19 atom stereocenters. The number of nitrogens with one attached hydrogen (secondary N) is 1. The highest BCUT2D eigenvalue weighted by molar-refractivity contribution is 5.80. The topological polar surface area (TPSA) is 332 Å². The Hall–Kier alpha value is -3.22. The van der Waals surface area contributed by atoms with E-state index in [1.807, 2.05) is 49.5 Å². The summed E-state index contributed by atoms with van der Waals surface area (Å²) in [4.78, 5) is 26.1. The minimum absolute atomic E-state index is 0.132. The van der Waals surface area contributed by atoms with E-state index in [1.165, 1.54) is 0 Å². The quantitative estimate of drug-likeness (QED) is 0.161. The number of aliphatic hydroxyl groups excluding tert-OH is 10. The molecule has 3 heterocycles. The molecule has 1 amide bonds. The normalized spacial score (nSPS) is 43.7. The third-order valence-corrected chi connectivity index (χ3v) is 12.7. The number of aliphatic hydroxyl groups is 11. The maximum absolute atomic E-state index is 13.5. The van der Waals surface area contributed by atoms with Crippen LogP contribution in [0.1, 0.15) is 91.9 Å². The summed E-state index contributed by atoms with van der Waals surface area (Å²) in [7, 11) is 0. The second-order valence-electron chi connectivity index (χ2n) is 18.5. The minimum Gasteiger partial charge on any atom is -0.462 e. The van der Waals surface area contributed by atoms with Crippen LogP contribution in [-0.4, -0.2) is 179 Å². The number of ether oxygens (including phenoxy) is 4. The number of rotatable bonds is 5. The van der Waals surface area contributed by atoms with Crippen LogP contribution in [0.2, 0.25) is 0 Å². The standard InChI is InChI=1S/C49H80N2O17/c1-29-17-15-13-11-9-7-5-6-8-10-12-14-16-18-36(67-48-46(62)43(50)45(61)32(4)66-48)26-40-42(47(63)51-21-22-52)39(58)28-49(64,68-40)27-38(57)37(56)20-19-33(53)23-34(54)24-35(55)25-41(59)65-31(3)30(2)44(29)60/h5-6,8,10-18,29-40,42-46,48,52-58,60-62,64H,7,9,19-28,50H2,1-4H3,(H,51,63)/b6-5-,10-8-,13-11-,14-12-,17-15-,18-16+/t29-,30-,31-,32+,33+,34+,35+,36-,37+,38+,39-,40-,42+,43-,44+,45+,46-,48-,49+/m0/s1. The van der Waals surface area contributed by atoms with E-state index >= 15 is 0 Å². The van der Waals surface area contributed by atoms with Crippen molar-refractivity contribution >= 4 is 11.9 Å². The molecule has 388 valence electrons. The van der Waals surface area contributed by atoms with Gasteiger partial charge in [0.15, 0.2) is 12.1 Å². The monoisotopic (exact) mass is 969 g/mol. The molecule has 2 saturated heterocycles. The lowest BCUT2D eigenvalue weighted by atomic mass is 9.82. The summed E-state index contributed by atoms with van der Waals surface area (Å²) in [6, 6.07) is -1.14. The third kappa shape index (κ3) is 19.9. The van der Waals surface area contributed by atoms with E-state index in [2.05, 4.69) is 5.32 Å². The highest BCUT2D eigenvalue weighted by Crippen LogP contribution is 2.38. The van der Waals surface area contributed by atoms with E-state index in [1.54, 1.807) is 51.2 Å². The molecule has 0 radical (unpaired) electrons. The predicted octanol–water partition coefficient (Wildman–Crippen LogP) is -0.0404. The van der Waals surface area contributed by atoms with E-state index < -0.39 is 147 Å². The Kier molecular flexibility index (Phi) is 25.9. The Bertz CT molecular complexity index is 1680. The van der Waals surface area contributed by atoms with Crippen molar-refractivity contribution in [2.75, 3.05) is 13.2 Å². The molecule has 0 aromatic rings. The van der Waals surface area contributed by atoms with Crippen molar-refractivity contribution in [3.8, 4) is 0 Å². The van der Waals surface area contributed by atoms with Crippen LogP contribution >= 0.6 is 0 Å². The smallest absolute Gasteiger partial charge is 0.308 e. The van der Waals surface area contributed by atoms with Gasteiger partial charge in [0.05, 0.1) is 92.1 Å². The molecule has 2 fully saturated rings. The van der Waals surface area contributed by atoms with Gasteiger partial charge < -0.3 is 86.2 Å². The Morgan fingerprint density at radius 3 is 2.01 bits per heavy atom. The highest BCUT2D eigenvalue weighted by Gasteiger charge is 2.51. The van der Waals surface area contributed by atoms with Gasteiger partial charge in [-0.1, -0.05) is 86.8 Å². The van der Waals surface area contributed by atoms with E-state index in [0.29, 0.717) is 0 Å². The second-order valence-corrected chi connectivity index (χ2v) is 18.5. The van der Waals surface area contributed by atoms with Gasteiger partial charge in [0.25, 0.3) is 0 Å². The van der Waals surface area contributed by atoms with Crippen molar-refractivity contribution in [3.63, 3.8) is 0 Å². The van der Waals surface area contributed by atoms with Gasteiger partial charge >= 0.3 is 5.97 Å². The van der Waals surface area contributed by atoms with Crippen LogP contribution in [0.4, 0.5) is 0 Å². The Balaban J connectivity index is 1.89. The van der Waals surface area contributed by atoms with Crippen LogP contribution in [0, 0.1) is 17.8 Å². The van der Waals surface area contributed by atoms with Crippen LogP contribution in [0.3, 0.4) is 0 Å². The van der Waals surface area contributed by atoms with Crippen LogP contribution in [-0.2, 0) is 28.5 Å². The summed E-state index contributed by atoms with van der Waals surface area (Å²) in [5.74, 6) is -5.82. The molecule has 0 spiro atoms. The lowest BCUT2D eigenvalue weighted by Gasteiger charge is -2.46. The zero-order valence-electron chi connectivity index (χ0n) is 39.8. The molecule has 0 aromatic heterocycles. The van der Waals surface area contributed by atoms with Gasteiger partial charge in [-0.25, -0.2) is 0 Å². The summed E-state index contributed by atoms with van der Waals surface area (Å²) >= 11 is 0. The number of nitrogens with two attached hydrogens (primary N) is 1. The van der Waals surface area contributed by atoms with Crippen LogP contribution in [0.5, 0.6) is 0 Å². The van der Waals surface area contributed by atoms with Crippen molar-refractivity contribution in [1.82, 2.24) is 5.32 Å². The average molecular weight is 969 g/mol. The van der Waals surface area contributed by atoms with Crippen LogP contribution in [0.15, 0.2) is 72.9 Å². The molecule has 3 aliphatic heterocycles. The number of esters is 1. The van der Waals surface area contributed by atoms with Crippen molar-refractivity contribution in [2.45, 2.75) is 189 Å². The molecule has 19 nitrogen and oxygen atoms in total. The van der Waals surface area contributed by atoms with Gasteiger partial charge in [0.1, 0.15) is 12.2 Å². The fourth-order valence-corrected chi connectivity index (χ4v) is 8.43. The van der Waals surface area contributed by atoms with Gasteiger partial charge in [-0.05, 0) is 52.4 Å². The highest BCUT2D eigenvalue weighted by atomic mass is 16.7. The van der Waals surface area contributed by atoms with Gasteiger partial charge in [-0.2, -0.15) is 0 Å². The summed E-state index contributed by atoms with van der Waals surface area (Å²) in [6.45, 7) is 6.24. The lowest BCUT2D eigenvalue weighted by Crippen LogP contribution is -2.62. The van der Waals surface area contributed by atoms with E-state index in [9.17, 15) is 65.8 Å². The molecule has 0 saturated carbocycles. The van der Waals surface area contributed by atoms with E-state index in [0.717, 1.165) is 12.8 Å². The Labute approximate surface area is 400 Å². The number of carbonyl (C=O) groups excluding carboxylic acids is 2. The zero-order chi connectivity index (χ0) is 50.6. The van der Waals surface area contributed by atoms with Crippen molar-refractivity contribution in [1.29, 1.82) is 0 Å². The maximum atomic E-state index is 13.5. The first-order valence-electron chi connectivity index (χ1n) is 23.8. The number of hydrogen-bond acceptors (Lipinski definition) is 18. The zero-order valence-corrected chi connectivity index (χ0v) is 39.8. The first-order valence-corrected chi connectivity index (χ1v) is 23.8. The average Bonchev–Trinajstić information content (AvgIpc) is 3.26. The summed E-state index contributed by atoms with van der Waals surface area (Å²) in [5, 5.41) is 121.